The number of ketones is 1. The minimum Gasteiger partial charge on any atom is -0.295 e. The molecule has 0 amide bonds. The van der Waals surface area contributed by atoms with E-state index in [0.29, 0.717) is 11.8 Å². The van der Waals surface area contributed by atoms with Gasteiger partial charge >= 0.3 is 0 Å². The lowest BCUT2D eigenvalue weighted by Crippen LogP contribution is -2.05. The van der Waals surface area contributed by atoms with Gasteiger partial charge in [0.1, 0.15) is 0 Å². The summed E-state index contributed by atoms with van der Waals surface area (Å²) >= 11 is 0. The van der Waals surface area contributed by atoms with Gasteiger partial charge in [-0.15, -0.1) is 0 Å². The average Bonchev–Trinajstić information content (AvgIpc) is 2.74. The van der Waals surface area contributed by atoms with Crippen LogP contribution in [0.2, 0.25) is 0 Å². The number of Topliss-reactive ketones (excluding diaryl/α,β-unsaturated/α-hetero) is 1. The van der Waals surface area contributed by atoms with Crippen LogP contribution in [0.25, 0.3) is 0 Å². The third-order valence-electron chi connectivity index (χ3n) is 4.16. The lowest BCUT2D eigenvalue weighted by molar-refractivity contribution is 0.101. The Morgan fingerprint density at radius 2 is 1.84 bits per heavy atom. The fraction of sp³-hybridized carbons (Fsp3) is 0.278. The first-order valence-electron chi connectivity index (χ1n) is 6.85. The zero-order valence-corrected chi connectivity index (χ0v) is 11.4. The van der Waals surface area contributed by atoms with Gasteiger partial charge in [-0.3, -0.25) is 4.79 Å². The molecule has 1 aliphatic rings. The van der Waals surface area contributed by atoms with Crippen molar-refractivity contribution < 1.29 is 4.79 Å². The second-order valence-electron chi connectivity index (χ2n) is 5.54. The molecule has 0 saturated heterocycles. The van der Waals surface area contributed by atoms with E-state index in [2.05, 4.69) is 49.4 Å². The minimum absolute atomic E-state index is 0.147. The van der Waals surface area contributed by atoms with E-state index in [9.17, 15) is 4.79 Å². The van der Waals surface area contributed by atoms with E-state index in [4.69, 9.17) is 0 Å². The van der Waals surface area contributed by atoms with Gasteiger partial charge in [0.15, 0.2) is 5.78 Å². The maximum Gasteiger partial charge on any atom is 0.159 e. The Hall–Kier alpha value is -1.89. The molecule has 1 aliphatic carbocycles. The van der Waals surface area contributed by atoms with Gasteiger partial charge in [0, 0.05) is 11.5 Å². The van der Waals surface area contributed by atoms with Crippen LogP contribution < -0.4 is 0 Å². The van der Waals surface area contributed by atoms with Crippen molar-refractivity contribution in [2.75, 3.05) is 0 Å². The summed E-state index contributed by atoms with van der Waals surface area (Å²) in [6.45, 7) is 3.93. The van der Waals surface area contributed by atoms with Gasteiger partial charge in [-0.2, -0.15) is 0 Å². The molecule has 96 valence electrons. The summed E-state index contributed by atoms with van der Waals surface area (Å²) in [5.74, 6) is 1.17. The number of benzene rings is 2. The molecule has 19 heavy (non-hydrogen) atoms. The van der Waals surface area contributed by atoms with Crippen molar-refractivity contribution >= 4 is 5.78 Å². The van der Waals surface area contributed by atoms with Crippen molar-refractivity contribution in [1.29, 1.82) is 0 Å². The minimum atomic E-state index is 0.147. The number of hydrogen-bond donors (Lipinski definition) is 0. The zero-order valence-electron chi connectivity index (χ0n) is 11.4. The Morgan fingerprint density at radius 1 is 1.11 bits per heavy atom. The summed E-state index contributed by atoms with van der Waals surface area (Å²) in [5, 5.41) is 0. The Bertz CT molecular complexity index is 613. The first-order chi connectivity index (χ1) is 9.16. The Balaban J connectivity index is 2.10. The lowest BCUT2D eigenvalue weighted by Gasteiger charge is -2.17. The number of rotatable bonds is 2. The zero-order chi connectivity index (χ0) is 13.4. The molecule has 0 heterocycles. The number of carbonyl (C=O) groups excluding carboxylic acids is 1. The highest BCUT2D eigenvalue weighted by atomic mass is 16.1. The first kappa shape index (κ1) is 12.2. The Morgan fingerprint density at radius 3 is 2.53 bits per heavy atom. The summed E-state index contributed by atoms with van der Waals surface area (Å²) in [7, 11) is 0. The topological polar surface area (TPSA) is 17.1 Å². The molecule has 0 fully saturated rings. The van der Waals surface area contributed by atoms with E-state index in [0.717, 1.165) is 12.0 Å². The van der Waals surface area contributed by atoms with Crippen LogP contribution in [0, 0.1) is 5.92 Å². The standard InChI is InChI=1S/C18H18O/c1-12-10-16-9-8-15(13(2)19)11-17(16)18(12)14-6-4-3-5-7-14/h3-9,11-12,18H,10H2,1-2H3/t12-,18-/m0/s1. The SMILES string of the molecule is CC(=O)c1ccc2c(c1)[C@H](c1ccccc1)[C@@H](C)C2. The van der Waals surface area contributed by atoms with Crippen molar-refractivity contribution in [2.45, 2.75) is 26.2 Å². The summed E-state index contributed by atoms with van der Waals surface area (Å²) in [4.78, 5) is 11.6. The Kier molecular flexibility index (Phi) is 2.98. The van der Waals surface area contributed by atoms with Crippen LogP contribution in [0.1, 0.15) is 46.8 Å². The number of fused-ring (bicyclic) bond motifs is 1. The van der Waals surface area contributed by atoms with Crippen LogP contribution in [0.5, 0.6) is 0 Å². The molecule has 1 heteroatoms. The van der Waals surface area contributed by atoms with Gasteiger partial charge in [-0.1, -0.05) is 49.4 Å². The van der Waals surface area contributed by atoms with Crippen molar-refractivity contribution in [2.24, 2.45) is 5.92 Å². The van der Waals surface area contributed by atoms with Crippen molar-refractivity contribution in [1.82, 2.24) is 0 Å². The van der Waals surface area contributed by atoms with Crippen LogP contribution in [0.15, 0.2) is 48.5 Å². The van der Waals surface area contributed by atoms with Crippen LogP contribution >= 0.6 is 0 Å². The molecule has 1 nitrogen and oxygen atoms in total. The Labute approximate surface area is 114 Å². The fourth-order valence-electron chi connectivity index (χ4n) is 3.23. The molecule has 0 saturated carbocycles. The van der Waals surface area contributed by atoms with Gasteiger partial charge in [-0.25, -0.2) is 0 Å². The molecule has 0 unspecified atom stereocenters. The molecular formula is C18H18O. The highest BCUT2D eigenvalue weighted by Crippen LogP contribution is 2.42. The summed E-state index contributed by atoms with van der Waals surface area (Å²) in [6, 6.07) is 16.8. The van der Waals surface area contributed by atoms with E-state index in [1.165, 1.54) is 16.7 Å². The van der Waals surface area contributed by atoms with Gasteiger partial charge in [0.25, 0.3) is 0 Å². The monoisotopic (exact) mass is 250 g/mol. The fourth-order valence-corrected chi connectivity index (χ4v) is 3.23. The van der Waals surface area contributed by atoms with Gasteiger partial charge in [-0.05, 0) is 42.0 Å². The second-order valence-corrected chi connectivity index (χ2v) is 5.54. The highest BCUT2D eigenvalue weighted by molar-refractivity contribution is 5.94. The molecule has 2 aromatic carbocycles. The molecular weight excluding hydrogens is 232 g/mol. The predicted molar refractivity (Wildman–Crippen MR) is 77.6 cm³/mol. The van der Waals surface area contributed by atoms with Gasteiger partial charge in [0.2, 0.25) is 0 Å². The lowest BCUT2D eigenvalue weighted by atomic mass is 9.86. The molecule has 2 atom stereocenters. The van der Waals surface area contributed by atoms with Crippen molar-refractivity contribution in [3.8, 4) is 0 Å². The molecule has 2 aromatic rings. The molecule has 0 aromatic heterocycles. The van der Waals surface area contributed by atoms with E-state index >= 15 is 0 Å². The maximum atomic E-state index is 11.6. The molecule has 0 bridgehead atoms. The molecule has 0 radical (unpaired) electrons. The normalized spacial score (nSPS) is 21.2. The highest BCUT2D eigenvalue weighted by Gasteiger charge is 2.30. The predicted octanol–water partition coefficient (Wildman–Crippen LogP) is 4.21. The van der Waals surface area contributed by atoms with Crippen LogP contribution in [0.4, 0.5) is 0 Å². The van der Waals surface area contributed by atoms with Crippen molar-refractivity contribution in [3.05, 3.63) is 70.8 Å². The summed E-state index contributed by atoms with van der Waals surface area (Å²) in [5.41, 5.74) is 4.92. The van der Waals surface area contributed by atoms with E-state index in [1.807, 2.05) is 6.07 Å². The number of carbonyl (C=O) groups is 1. The second kappa shape index (κ2) is 4.65. The van der Waals surface area contributed by atoms with E-state index in [1.54, 1.807) is 6.92 Å². The number of hydrogen-bond acceptors (Lipinski definition) is 1. The van der Waals surface area contributed by atoms with E-state index < -0.39 is 0 Å². The largest absolute Gasteiger partial charge is 0.295 e. The van der Waals surface area contributed by atoms with Crippen LogP contribution in [0.3, 0.4) is 0 Å². The molecule has 0 spiro atoms. The third-order valence-corrected chi connectivity index (χ3v) is 4.16. The third kappa shape index (κ3) is 2.10. The quantitative estimate of drug-likeness (QED) is 0.729. The van der Waals surface area contributed by atoms with Crippen LogP contribution in [-0.4, -0.2) is 5.78 Å². The van der Waals surface area contributed by atoms with Gasteiger partial charge in [0.05, 0.1) is 0 Å². The van der Waals surface area contributed by atoms with Crippen LogP contribution in [-0.2, 0) is 6.42 Å². The molecule has 0 N–H and O–H groups in total. The van der Waals surface area contributed by atoms with Crippen molar-refractivity contribution in [3.63, 3.8) is 0 Å². The first-order valence-corrected chi connectivity index (χ1v) is 6.85. The smallest absolute Gasteiger partial charge is 0.159 e. The van der Waals surface area contributed by atoms with E-state index in [-0.39, 0.29) is 5.78 Å². The maximum absolute atomic E-state index is 11.6. The average molecular weight is 250 g/mol. The van der Waals surface area contributed by atoms with Gasteiger partial charge < -0.3 is 0 Å². The summed E-state index contributed by atoms with van der Waals surface area (Å²) < 4.78 is 0. The molecule has 3 rings (SSSR count). The summed E-state index contributed by atoms with van der Waals surface area (Å²) in [6.07, 6.45) is 1.10. The molecule has 0 aliphatic heterocycles.